The van der Waals surface area contributed by atoms with Gasteiger partial charge < -0.3 is 30.9 Å². The van der Waals surface area contributed by atoms with Gasteiger partial charge in [0.2, 0.25) is 0 Å². The molecule has 1 heterocycles. The van der Waals surface area contributed by atoms with Crippen molar-refractivity contribution < 1.29 is 25.2 Å². The van der Waals surface area contributed by atoms with E-state index in [-0.39, 0.29) is 6.04 Å². The third-order valence-electron chi connectivity index (χ3n) is 3.11. The first-order chi connectivity index (χ1) is 6.53. The second-order valence-corrected chi connectivity index (χ2v) is 4.03. The van der Waals surface area contributed by atoms with E-state index in [9.17, 15) is 15.3 Å². The third-order valence-corrected chi connectivity index (χ3v) is 3.11. The molecule has 6 N–H and O–H groups in total. The zero-order valence-corrected chi connectivity index (χ0v) is 7.58. The molecule has 0 aromatic carbocycles. The number of ether oxygens (including phenoxy) is 1. The maximum absolute atomic E-state index is 9.63. The highest BCUT2D eigenvalue weighted by Crippen LogP contribution is 2.47. The molecule has 2 rings (SSSR count). The van der Waals surface area contributed by atoms with E-state index in [1.807, 2.05) is 0 Å². The van der Waals surface area contributed by atoms with E-state index in [1.54, 1.807) is 0 Å². The molecular weight excluding hydrogens is 190 g/mol. The van der Waals surface area contributed by atoms with Crippen LogP contribution < -0.4 is 5.73 Å². The first-order valence-electron chi connectivity index (χ1n) is 4.61. The Morgan fingerprint density at radius 2 is 1.86 bits per heavy atom. The van der Waals surface area contributed by atoms with Gasteiger partial charge in [0.05, 0.1) is 6.61 Å². The van der Waals surface area contributed by atoms with Gasteiger partial charge in [-0.05, 0) is 6.42 Å². The molecule has 2 aliphatic rings. The highest BCUT2D eigenvalue weighted by Gasteiger charge is 2.65. The lowest BCUT2D eigenvalue weighted by molar-refractivity contribution is -0.241. The van der Waals surface area contributed by atoms with Crippen molar-refractivity contribution in [1.82, 2.24) is 0 Å². The van der Waals surface area contributed by atoms with E-state index in [0.717, 1.165) is 0 Å². The molecule has 0 aromatic rings. The van der Waals surface area contributed by atoms with E-state index in [2.05, 4.69) is 0 Å². The van der Waals surface area contributed by atoms with Gasteiger partial charge in [0.25, 0.3) is 0 Å². The molecule has 6 nitrogen and oxygen atoms in total. The van der Waals surface area contributed by atoms with Crippen molar-refractivity contribution in [3.8, 4) is 0 Å². The van der Waals surface area contributed by atoms with Crippen molar-refractivity contribution in [3.05, 3.63) is 0 Å². The number of aliphatic hydroxyl groups is 4. The van der Waals surface area contributed by atoms with Crippen LogP contribution >= 0.6 is 0 Å². The summed E-state index contributed by atoms with van der Waals surface area (Å²) in [6.45, 7) is -0.403. The molecule has 1 saturated heterocycles. The largest absolute Gasteiger partial charge is 0.394 e. The van der Waals surface area contributed by atoms with Gasteiger partial charge in [0.15, 0.2) is 0 Å². The molecule has 6 atom stereocenters. The molecule has 82 valence electrons. The Morgan fingerprint density at radius 1 is 1.29 bits per heavy atom. The zero-order chi connectivity index (χ0) is 10.5. The predicted molar refractivity (Wildman–Crippen MR) is 45.3 cm³/mol. The van der Waals surface area contributed by atoms with Crippen LogP contribution in [-0.2, 0) is 4.74 Å². The van der Waals surface area contributed by atoms with Gasteiger partial charge >= 0.3 is 0 Å². The molecule has 1 aliphatic carbocycles. The SMILES string of the molecule is N[C@@H]1C[C@]12O[C@H](CO)[C@H](O)[C@H](O)[C@@H]2O. The van der Waals surface area contributed by atoms with E-state index >= 15 is 0 Å². The van der Waals surface area contributed by atoms with E-state index in [0.29, 0.717) is 6.42 Å². The van der Waals surface area contributed by atoms with Gasteiger partial charge in [-0.25, -0.2) is 0 Å². The second kappa shape index (κ2) is 3.13. The Bertz CT molecular complexity index is 236. The number of aliphatic hydroxyl groups excluding tert-OH is 4. The van der Waals surface area contributed by atoms with Gasteiger partial charge in [-0.3, -0.25) is 0 Å². The number of hydrogen-bond acceptors (Lipinski definition) is 6. The first kappa shape index (κ1) is 10.3. The summed E-state index contributed by atoms with van der Waals surface area (Å²) >= 11 is 0. The highest BCUT2D eigenvalue weighted by molar-refractivity contribution is 5.19. The first-order valence-corrected chi connectivity index (χ1v) is 4.61. The Kier molecular flexibility index (Phi) is 2.30. The van der Waals surface area contributed by atoms with Gasteiger partial charge in [-0.1, -0.05) is 0 Å². The molecule has 1 spiro atoms. The van der Waals surface area contributed by atoms with Crippen molar-refractivity contribution in [2.45, 2.75) is 42.5 Å². The number of hydrogen-bond donors (Lipinski definition) is 5. The molecule has 1 aliphatic heterocycles. The molecule has 0 aromatic heterocycles. The summed E-state index contributed by atoms with van der Waals surface area (Å²) in [7, 11) is 0. The molecule has 0 bridgehead atoms. The Morgan fingerprint density at radius 3 is 2.29 bits per heavy atom. The summed E-state index contributed by atoms with van der Waals surface area (Å²) in [6, 6.07) is -0.339. The normalized spacial score (nSPS) is 57.6. The van der Waals surface area contributed by atoms with E-state index in [4.69, 9.17) is 15.6 Å². The Labute approximate surface area is 80.9 Å². The summed E-state index contributed by atoms with van der Waals surface area (Å²) in [6.07, 6.45) is -4.20. The minimum Gasteiger partial charge on any atom is -0.394 e. The smallest absolute Gasteiger partial charge is 0.114 e. The van der Waals surface area contributed by atoms with E-state index < -0.39 is 36.6 Å². The van der Waals surface area contributed by atoms with Gasteiger partial charge in [0, 0.05) is 6.04 Å². The molecule has 0 unspecified atom stereocenters. The van der Waals surface area contributed by atoms with Gasteiger partial charge in [-0.2, -0.15) is 0 Å². The summed E-state index contributed by atoms with van der Waals surface area (Å²) in [4.78, 5) is 0. The summed E-state index contributed by atoms with van der Waals surface area (Å²) in [5.74, 6) is 0. The monoisotopic (exact) mass is 205 g/mol. The lowest BCUT2D eigenvalue weighted by Gasteiger charge is -2.41. The van der Waals surface area contributed by atoms with Gasteiger partial charge in [-0.15, -0.1) is 0 Å². The second-order valence-electron chi connectivity index (χ2n) is 4.03. The Hall–Kier alpha value is -0.240. The standard InChI is InChI=1S/C8H15NO5/c9-4-1-8(4)7(13)6(12)5(11)3(2-10)14-8/h3-7,10-13H,1-2,9H2/t3-,4-,5+,6+,7+,8+/m1/s1. The fraction of sp³-hybridized carbons (Fsp3) is 1.00. The number of nitrogens with two attached hydrogens (primary N) is 1. The molecule has 14 heavy (non-hydrogen) atoms. The Balaban J connectivity index is 2.16. The van der Waals surface area contributed by atoms with Crippen LogP contribution in [0.3, 0.4) is 0 Å². The van der Waals surface area contributed by atoms with Crippen molar-refractivity contribution in [3.63, 3.8) is 0 Å². The fourth-order valence-electron chi connectivity index (χ4n) is 2.02. The van der Waals surface area contributed by atoms with Crippen LogP contribution in [0.15, 0.2) is 0 Å². The fourth-order valence-corrected chi connectivity index (χ4v) is 2.02. The van der Waals surface area contributed by atoms with Crippen molar-refractivity contribution >= 4 is 0 Å². The van der Waals surface area contributed by atoms with Crippen LogP contribution in [0.4, 0.5) is 0 Å². The highest BCUT2D eigenvalue weighted by atomic mass is 16.6. The number of rotatable bonds is 1. The van der Waals surface area contributed by atoms with Crippen molar-refractivity contribution in [2.24, 2.45) is 5.73 Å². The third kappa shape index (κ3) is 1.19. The average Bonchev–Trinajstić information content (AvgIpc) is 2.81. The van der Waals surface area contributed by atoms with Crippen LogP contribution in [0.25, 0.3) is 0 Å². The van der Waals surface area contributed by atoms with Crippen LogP contribution in [0.2, 0.25) is 0 Å². The topological polar surface area (TPSA) is 116 Å². The maximum Gasteiger partial charge on any atom is 0.114 e. The molecule has 6 heteroatoms. The van der Waals surface area contributed by atoms with Crippen molar-refractivity contribution in [1.29, 1.82) is 0 Å². The molecule has 2 fully saturated rings. The molecule has 0 amide bonds. The molecular formula is C8H15NO5. The quantitative estimate of drug-likeness (QED) is 0.310. The van der Waals surface area contributed by atoms with E-state index in [1.165, 1.54) is 0 Å². The minimum atomic E-state index is -1.31. The maximum atomic E-state index is 9.63. The molecule has 1 saturated carbocycles. The van der Waals surface area contributed by atoms with Crippen LogP contribution in [0.1, 0.15) is 6.42 Å². The lowest BCUT2D eigenvalue weighted by atomic mass is 9.93. The van der Waals surface area contributed by atoms with Crippen LogP contribution in [0.5, 0.6) is 0 Å². The molecule has 0 radical (unpaired) electrons. The average molecular weight is 205 g/mol. The summed E-state index contributed by atoms with van der Waals surface area (Å²) < 4.78 is 5.31. The summed E-state index contributed by atoms with van der Waals surface area (Å²) in [5.41, 5.74) is 4.62. The van der Waals surface area contributed by atoms with Gasteiger partial charge in [0.1, 0.15) is 30.0 Å². The summed E-state index contributed by atoms with van der Waals surface area (Å²) in [5, 5.41) is 37.4. The lowest BCUT2D eigenvalue weighted by Crippen LogP contribution is -2.61. The van der Waals surface area contributed by atoms with Crippen LogP contribution in [0, 0.1) is 0 Å². The van der Waals surface area contributed by atoms with Crippen molar-refractivity contribution in [2.75, 3.05) is 6.61 Å². The predicted octanol–water partition coefficient (Wildman–Crippen LogP) is -3.07. The minimum absolute atomic E-state index is 0.339. The van der Waals surface area contributed by atoms with Crippen LogP contribution in [-0.4, -0.2) is 63.1 Å². The zero-order valence-electron chi connectivity index (χ0n) is 7.58.